The van der Waals surface area contributed by atoms with Crippen LogP contribution >= 0.6 is 0 Å². The molecule has 2 aliphatic carbocycles. The molecule has 2 atom stereocenters. The first-order valence-electron chi connectivity index (χ1n) is 8.43. The van der Waals surface area contributed by atoms with E-state index in [1.807, 2.05) is 0 Å². The Balaban J connectivity index is 1.88. The smallest absolute Gasteiger partial charge is 0.0333 e. The van der Waals surface area contributed by atoms with E-state index in [-0.39, 0.29) is 6.04 Å². The van der Waals surface area contributed by atoms with Crippen LogP contribution in [0.4, 0.5) is 0 Å². The van der Waals surface area contributed by atoms with Gasteiger partial charge >= 0.3 is 0 Å². The van der Waals surface area contributed by atoms with Crippen molar-refractivity contribution in [2.75, 3.05) is 0 Å². The van der Waals surface area contributed by atoms with Crippen molar-refractivity contribution in [3.8, 4) is 0 Å². The van der Waals surface area contributed by atoms with Crippen LogP contribution in [0.2, 0.25) is 0 Å². The first-order chi connectivity index (χ1) is 9.48. The fourth-order valence-corrected chi connectivity index (χ4v) is 4.48. The fourth-order valence-electron chi connectivity index (χ4n) is 4.48. The maximum absolute atomic E-state index is 6.40. The van der Waals surface area contributed by atoms with Crippen LogP contribution in [0, 0.1) is 11.3 Å². The van der Waals surface area contributed by atoms with E-state index < -0.39 is 0 Å². The van der Waals surface area contributed by atoms with Crippen molar-refractivity contribution >= 4 is 0 Å². The lowest BCUT2D eigenvalue weighted by atomic mass is 9.74. The number of rotatable bonds is 2. The Morgan fingerprint density at radius 3 is 2.65 bits per heavy atom. The molecule has 1 aromatic heterocycles. The van der Waals surface area contributed by atoms with Crippen LogP contribution in [-0.4, -0.2) is 4.57 Å². The SMILES string of the molecule is CC(C1CCCCC1)n1ccc2c1CC(C)(C)CC2N. The van der Waals surface area contributed by atoms with Gasteiger partial charge in [0.05, 0.1) is 0 Å². The lowest BCUT2D eigenvalue weighted by molar-refractivity contribution is 0.239. The Hall–Kier alpha value is -0.760. The summed E-state index contributed by atoms with van der Waals surface area (Å²) >= 11 is 0. The summed E-state index contributed by atoms with van der Waals surface area (Å²) in [5.74, 6) is 0.863. The van der Waals surface area contributed by atoms with Crippen molar-refractivity contribution in [2.24, 2.45) is 17.1 Å². The number of fused-ring (bicyclic) bond motifs is 1. The Morgan fingerprint density at radius 1 is 1.25 bits per heavy atom. The molecule has 112 valence electrons. The summed E-state index contributed by atoms with van der Waals surface area (Å²) < 4.78 is 2.56. The summed E-state index contributed by atoms with van der Waals surface area (Å²) in [6.45, 7) is 7.14. The fraction of sp³-hybridized carbons (Fsp3) is 0.778. The first-order valence-corrected chi connectivity index (χ1v) is 8.43. The van der Waals surface area contributed by atoms with E-state index in [0.29, 0.717) is 11.5 Å². The molecule has 2 unspecified atom stereocenters. The van der Waals surface area contributed by atoms with Crippen LogP contribution < -0.4 is 5.73 Å². The van der Waals surface area contributed by atoms with Gasteiger partial charge < -0.3 is 10.3 Å². The highest BCUT2D eigenvalue weighted by Crippen LogP contribution is 2.42. The third kappa shape index (κ3) is 2.55. The quantitative estimate of drug-likeness (QED) is 0.839. The molecule has 0 bridgehead atoms. The molecule has 20 heavy (non-hydrogen) atoms. The van der Waals surface area contributed by atoms with Gasteiger partial charge in [0, 0.05) is 24.0 Å². The van der Waals surface area contributed by atoms with Crippen molar-refractivity contribution < 1.29 is 0 Å². The second kappa shape index (κ2) is 5.22. The van der Waals surface area contributed by atoms with Gasteiger partial charge in [0.2, 0.25) is 0 Å². The van der Waals surface area contributed by atoms with Crippen LogP contribution in [0.25, 0.3) is 0 Å². The van der Waals surface area contributed by atoms with E-state index in [9.17, 15) is 0 Å². The number of aromatic nitrogens is 1. The highest BCUT2D eigenvalue weighted by atomic mass is 15.0. The molecule has 1 heterocycles. The molecule has 0 radical (unpaired) electrons. The summed E-state index contributed by atoms with van der Waals surface area (Å²) in [6, 6.07) is 3.16. The van der Waals surface area contributed by atoms with Crippen molar-refractivity contribution in [1.29, 1.82) is 0 Å². The summed E-state index contributed by atoms with van der Waals surface area (Å²) in [5.41, 5.74) is 9.67. The molecule has 1 saturated carbocycles. The average Bonchev–Trinajstić information content (AvgIpc) is 2.81. The summed E-state index contributed by atoms with van der Waals surface area (Å²) in [6.07, 6.45) is 11.7. The third-order valence-corrected chi connectivity index (χ3v) is 5.65. The highest BCUT2D eigenvalue weighted by Gasteiger charge is 2.34. The van der Waals surface area contributed by atoms with Gasteiger partial charge in [-0.05, 0) is 55.6 Å². The van der Waals surface area contributed by atoms with Gasteiger partial charge in [0.1, 0.15) is 0 Å². The summed E-state index contributed by atoms with van der Waals surface area (Å²) in [4.78, 5) is 0. The molecule has 1 aromatic rings. The maximum Gasteiger partial charge on any atom is 0.0333 e. The minimum atomic E-state index is 0.230. The van der Waals surface area contributed by atoms with E-state index in [0.717, 1.165) is 12.3 Å². The van der Waals surface area contributed by atoms with Crippen LogP contribution in [-0.2, 0) is 6.42 Å². The summed E-state index contributed by atoms with van der Waals surface area (Å²) in [7, 11) is 0. The number of nitrogens with zero attached hydrogens (tertiary/aromatic N) is 1. The maximum atomic E-state index is 6.40. The Morgan fingerprint density at radius 2 is 1.95 bits per heavy atom. The predicted molar refractivity (Wildman–Crippen MR) is 84.7 cm³/mol. The van der Waals surface area contributed by atoms with E-state index in [1.54, 1.807) is 0 Å². The lowest BCUT2D eigenvalue weighted by Gasteiger charge is -2.37. The molecule has 2 heteroatoms. The molecule has 0 amide bonds. The van der Waals surface area contributed by atoms with E-state index in [1.165, 1.54) is 49.8 Å². The van der Waals surface area contributed by atoms with Gasteiger partial charge in [-0.3, -0.25) is 0 Å². The molecular weight excluding hydrogens is 244 g/mol. The van der Waals surface area contributed by atoms with Gasteiger partial charge in [-0.1, -0.05) is 33.1 Å². The van der Waals surface area contributed by atoms with Gasteiger partial charge in [-0.25, -0.2) is 0 Å². The second-order valence-electron chi connectivity index (χ2n) is 7.92. The molecule has 0 saturated heterocycles. The zero-order valence-electron chi connectivity index (χ0n) is 13.4. The zero-order valence-corrected chi connectivity index (χ0v) is 13.4. The average molecular weight is 274 g/mol. The van der Waals surface area contributed by atoms with Crippen LogP contribution in [0.15, 0.2) is 12.3 Å². The molecule has 0 aliphatic heterocycles. The monoisotopic (exact) mass is 274 g/mol. The second-order valence-corrected chi connectivity index (χ2v) is 7.92. The van der Waals surface area contributed by atoms with Gasteiger partial charge in [0.25, 0.3) is 0 Å². The third-order valence-electron chi connectivity index (χ3n) is 5.65. The minimum Gasteiger partial charge on any atom is -0.348 e. The molecule has 3 rings (SSSR count). The zero-order chi connectivity index (χ0) is 14.3. The van der Waals surface area contributed by atoms with Crippen molar-refractivity contribution in [1.82, 2.24) is 4.57 Å². The topological polar surface area (TPSA) is 30.9 Å². The summed E-state index contributed by atoms with van der Waals surface area (Å²) in [5, 5.41) is 0. The molecule has 0 spiro atoms. The Bertz CT molecular complexity index is 466. The van der Waals surface area contributed by atoms with E-state index in [4.69, 9.17) is 5.73 Å². The predicted octanol–water partition coefficient (Wildman–Crippen LogP) is 4.60. The molecule has 2 aliphatic rings. The van der Waals surface area contributed by atoms with Crippen molar-refractivity contribution in [2.45, 2.75) is 77.8 Å². The van der Waals surface area contributed by atoms with Crippen molar-refractivity contribution in [3.63, 3.8) is 0 Å². The van der Waals surface area contributed by atoms with Gasteiger partial charge in [0.15, 0.2) is 0 Å². The number of hydrogen-bond acceptors (Lipinski definition) is 1. The highest BCUT2D eigenvalue weighted by molar-refractivity contribution is 5.30. The lowest BCUT2D eigenvalue weighted by Crippen LogP contribution is -2.31. The standard InChI is InChI=1S/C18H30N2/c1-13(14-7-5-4-6-8-14)20-10-9-15-16(19)11-18(2,3)12-17(15)20/h9-10,13-14,16H,4-8,11-12,19H2,1-3H3. The minimum absolute atomic E-state index is 0.230. The Kier molecular flexibility index (Phi) is 3.70. The normalized spacial score (nSPS) is 28.1. The van der Waals surface area contributed by atoms with Crippen LogP contribution in [0.3, 0.4) is 0 Å². The number of hydrogen-bond donors (Lipinski definition) is 1. The van der Waals surface area contributed by atoms with E-state index in [2.05, 4.69) is 37.6 Å². The molecule has 0 aromatic carbocycles. The van der Waals surface area contributed by atoms with Crippen LogP contribution in [0.5, 0.6) is 0 Å². The largest absolute Gasteiger partial charge is 0.348 e. The van der Waals surface area contributed by atoms with Gasteiger partial charge in [-0.2, -0.15) is 0 Å². The molecule has 1 fully saturated rings. The van der Waals surface area contributed by atoms with Gasteiger partial charge in [-0.15, -0.1) is 0 Å². The van der Waals surface area contributed by atoms with E-state index >= 15 is 0 Å². The molecule has 2 N–H and O–H groups in total. The van der Waals surface area contributed by atoms with Crippen LogP contribution in [0.1, 0.15) is 82.6 Å². The molecular formula is C18H30N2. The van der Waals surface area contributed by atoms with Crippen molar-refractivity contribution in [3.05, 3.63) is 23.5 Å². The number of nitrogens with two attached hydrogens (primary N) is 1. The molecule has 2 nitrogen and oxygen atoms in total. The Labute approximate surface area is 123 Å². The first kappa shape index (κ1) is 14.2.